The fourth-order valence-corrected chi connectivity index (χ4v) is 1.14. The molecule has 0 saturated carbocycles. The maximum atomic E-state index is 10.7. The zero-order valence-corrected chi connectivity index (χ0v) is 8.32. The van der Waals surface area contributed by atoms with Crippen molar-refractivity contribution in [3.8, 4) is 0 Å². The van der Waals surface area contributed by atoms with Crippen LogP contribution in [0.3, 0.4) is 0 Å². The number of carbonyl (C=O) groups excluding carboxylic acids is 1. The first-order chi connectivity index (χ1) is 5.45. The lowest BCUT2D eigenvalue weighted by Crippen LogP contribution is -2.10. The molecular formula is C6H11ClO4S. The summed E-state index contributed by atoms with van der Waals surface area (Å²) in [7, 11) is 1.30. The summed E-state index contributed by atoms with van der Waals surface area (Å²) in [4.78, 5) is 10.7. The van der Waals surface area contributed by atoms with Crippen LogP contribution in [0.15, 0.2) is 0 Å². The van der Waals surface area contributed by atoms with Crippen LogP contribution in [-0.4, -0.2) is 26.7 Å². The number of ether oxygens (including phenoxy) is 1. The van der Waals surface area contributed by atoms with Crippen LogP contribution in [0.25, 0.3) is 0 Å². The van der Waals surface area contributed by atoms with E-state index >= 15 is 0 Å². The molecule has 0 aromatic rings. The SMILES string of the molecule is CCCOC(=O)CCS(=O)(=O)Cl. The van der Waals surface area contributed by atoms with E-state index < -0.39 is 15.0 Å². The van der Waals surface area contributed by atoms with Gasteiger partial charge in [-0.25, -0.2) is 8.42 Å². The Bertz CT molecular complexity index is 234. The molecule has 0 fully saturated rings. The molecule has 72 valence electrons. The maximum Gasteiger partial charge on any atom is 0.306 e. The van der Waals surface area contributed by atoms with E-state index in [1.165, 1.54) is 0 Å². The fourth-order valence-electron chi connectivity index (χ4n) is 0.493. The van der Waals surface area contributed by atoms with Gasteiger partial charge in [-0.3, -0.25) is 4.79 Å². The van der Waals surface area contributed by atoms with Crippen LogP contribution in [0.2, 0.25) is 0 Å². The first kappa shape index (κ1) is 11.7. The van der Waals surface area contributed by atoms with Crippen molar-refractivity contribution in [1.82, 2.24) is 0 Å². The molecule has 12 heavy (non-hydrogen) atoms. The van der Waals surface area contributed by atoms with E-state index in [0.717, 1.165) is 6.42 Å². The zero-order chi connectivity index (χ0) is 9.61. The van der Waals surface area contributed by atoms with Crippen molar-refractivity contribution in [2.75, 3.05) is 12.4 Å². The minimum atomic E-state index is -3.57. The molecule has 0 radical (unpaired) electrons. The van der Waals surface area contributed by atoms with Gasteiger partial charge in [-0.15, -0.1) is 0 Å². The molecule has 0 amide bonds. The molecule has 0 aromatic heterocycles. The Morgan fingerprint density at radius 3 is 2.50 bits per heavy atom. The van der Waals surface area contributed by atoms with Crippen molar-refractivity contribution in [2.24, 2.45) is 0 Å². The molecule has 0 heterocycles. The van der Waals surface area contributed by atoms with E-state index in [1.807, 2.05) is 6.92 Å². The number of carbonyl (C=O) groups is 1. The van der Waals surface area contributed by atoms with Crippen LogP contribution in [0, 0.1) is 0 Å². The van der Waals surface area contributed by atoms with Gasteiger partial charge in [0.05, 0.1) is 18.8 Å². The highest BCUT2D eigenvalue weighted by atomic mass is 35.7. The zero-order valence-electron chi connectivity index (χ0n) is 6.75. The molecule has 0 N–H and O–H groups in total. The monoisotopic (exact) mass is 214 g/mol. The molecule has 0 rings (SSSR count). The first-order valence-corrected chi connectivity index (χ1v) is 6.01. The highest BCUT2D eigenvalue weighted by Gasteiger charge is 2.10. The summed E-state index contributed by atoms with van der Waals surface area (Å²) in [6.07, 6.45) is 0.547. The molecule has 0 bridgehead atoms. The Balaban J connectivity index is 3.58. The second kappa shape index (κ2) is 5.37. The Labute approximate surface area is 76.3 Å². The Morgan fingerprint density at radius 2 is 2.08 bits per heavy atom. The summed E-state index contributed by atoms with van der Waals surface area (Å²) in [5, 5.41) is 0. The predicted octanol–water partition coefficient (Wildman–Crippen LogP) is 0.898. The molecule has 6 heteroatoms. The number of halogens is 1. The molecule has 0 unspecified atom stereocenters. The Hall–Kier alpha value is -0.290. The standard InChI is InChI=1S/C6H11ClO4S/c1-2-4-11-6(8)3-5-12(7,9)10/h2-5H2,1H3. The van der Waals surface area contributed by atoms with E-state index in [2.05, 4.69) is 4.74 Å². The minimum Gasteiger partial charge on any atom is -0.466 e. The normalized spacial score (nSPS) is 11.2. The predicted molar refractivity (Wildman–Crippen MR) is 45.5 cm³/mol. The van der Waals surface area contributed by atoms with Crippen LogP contribution >= 0.6 is 10.7 Å². The van der Waals surface area contributed by atoms with E-state index in [-0.39, 0.29) is 12.2 Å². The second-order valence-electron chi connectivity index (χ2n) is 2.21. The smallest absolute Gasteiger partial charge is 0.306 e. The van der Waals surface area contributed by atoms with Gasteiger partial charge in [-0.05, 0) is 6.42 Å². The van der Waals surface area contributed by atoms with Crippen molar-refractivity contribution in [3.63, 3.8) is 0 Å². The van der Waals surface area contributed by atoms with E-state index in [0.29, 0.717) is 6.61 Å². The summed E-state index contributed by atoms with van der Waals surface area (Å²) in [6, 6.07) is 0. The third-order valence-corrected chi connectivity index (χ3v) is 2.17. The molecule has 0 spiro atoms. The quantitative estimate of drug-likeness (QED) is 0.504. The van der Waals surface area contributed by atoms with Crippen LogP contribution < -0.4 is 0 Å². The van der Waals surface area contributed by atoms with Gasteiger partial charge in [0.2, 0.25) is 9.05 Å². The molecule has 0 aliphatic rings. The highest BCUT2D eigenvalue weighted by molar-refractivity contribution is 8.13. The molecule has 0 aliphatic carbocycles. The third kappa shape index (κ3) is 7.81. The molecule has 0 saturated heterocycles. The van der Waals surface area contributed by atoms with Gasteiger partial charge < -0.3 is 4.74 Å². The van der Waals surface area contributed by atoms with Crippen molar-refractivity contribution < 1.29 is 17.9 Å². The van der Waals surface area contributed by atoms with Crippen molar-refractivity contribution >= 4 is 25.7 Å². The molecule has 0 aromatic carbocycles. The molecule has 0 aliphatic heterocycles. The number of hydrogen-bond donors (Lipinski definition) is 0. The van der Waals surface area contributed by atoms with Crippen molar-refractivity contribution in [3.05, 3.63) is 0 Å². The van der Waals surface area contributed by atoms with Crippen LogP contribution in [-0.2, 0) is 18.6 Å². The van der Waals surface area contributed by atoms with Crippen molar-refractivity contribution in [1.29, 1.82) is 0 Å². The Kier molecular flexibility index (Phi) is 5.24. The van der Waals surface area contributed by atoms with Gasteiger partial charge in [0.15, 0.2) is 0 Å². The average molecular weight is 215 g/mol. The van der Waals surface area contributed by atoms with Gasteiger partial charge in [-0.2, -0.15) is 0 Å². The summed E-state index contributed by atoms with van der Waals surface area (Å²) >= 11 is 0. The largest absolute Gasteiger partial charge is 0.466 e. The van der Waals surface area contributed by atoms with Gasteiger partial charge in [0.1, 0.15) is 0 Å². The molecular weight excluding hydrogens is 204 g/mol. The minimum absolute atomic E-state index is 0.175. The van der Waals surface area contributed by atoms with Crippen molar-refractivity contribution in [2.45, 2.75) is 19.8 Å². The number of rotatable bonds is 5. The summed E-state index contributed by atoms with van der Waals surface area (Å²) in [6.45, 7) is 2.17. The van der Waals surface area contributed by atoms with Crippen LogP contribution in [0.4, 0.5) is 0 Å². The lowest BCUT2D eigenvalue weighted by Gasteiger charge is -2.00. The van der Waals surface area contributed by atoms with E-state index in [4.69, 9.17) is 10.7 Å². The highest BCUT2D eigenvalue weighted by Crippen LogP contribution is 2.00. The van der Waals surface area contributed by atoms with Crippen LogP contribution in [0.1, 0.15) is 19.8 Å². The topological polar surface area (TPSA) is 60.4 Å². The summed E-state index contributed by atoms with van der Waals surface area (Å²) in [5.41, 5.74) is 0. The number of esters is 1. The van der Waals surface area contributed by atoms with Gasteiger partial charge in [0.25, 0.3) is 0 Å². The molecule has 4 nitrogen and oxygen atoms in total. The maximum absolute atomic E-state index is 10.7. The lowest BCUT2D eigenvalue weighted by atomic mass is 10.5. The van der Waals surface area contributed by atoms with Gasteiger partial charge in [-0.1, -0.05) is 6.92 Å². The fraction of sp³-hybridized carbons (Fsp3) is 0.833. The van der Waals surface area contributed by atoms with E-state index in [9.17, 15) is 13.2 Å². The summed E-state index contributed by atoms with van der Waals surface area (Å²) < 4.78 is 25.4. The summed E-state index contributed by atoms with van der Waals surface area (Å²) in [5.74, 6) is -0.891. The first-order valence-electron chi connectivity index (χ1n) is 3.53. The number of hydrogen-bond acceptors (Lipinski definition) is 4. The van der Waals surface area contributed by atoms with E-state index in [1.54, 1.807) is 0 Å². The second-order valence-corrected chi connectivity index (χ2v) is 5.11. The average Bonchev–Trinajstić information content (AvgIpc) is 1.95. The Morgan fingerprint density at radius 1 is 1.50 bits per heavy atom. The van der Waals surface area contributed by atoms with Gasteiger partial charge >= 0.3 is 5.97 Å². The van der Waals surface area contributed by atoms with Gasteiger partial charge in [0, 0.05) is 10.7 Å². The lowest BCUT2D eigenvalue weighted by molar-refractivity contribution is -0.143. The molecule has 0 atom stereocenters. The van der Waals surface area contributed by atoms with Crippen LogP contribution in [0.5, 0.6) is 0 Å². The third-order valence-electron chi connectivity index (χ3n) is 1.02.